The highest BCUT2D eigenvalue weighted by Crippen LogP contribution is 2.52. The molecular weight excluding hydrogens is 344 g/mol. The van der Waals surface area contributed by atoms with Crippen molar-refractivity contribution >= 4 is 17.2 Å². The van der Waals surface area contributed by atoms with Crippen LogP contribution in [0.3, 0.4) is 0 Å². The van der Waals surface area contributed by atoms with E-state index in [1.165, 1.54) is 16.9 Å². The van der Waals surface area contributed by atoms with Gasteiger partial charge < -0.3 is 4.98 Å². The molecule has 1 fully saturated rings. The fourth-order valence-electron chi connectivity index (χ4n) is 2.83. The average molecular weight is 354 g/mol. The molecule has 0 unspecified atom stereocenters. The Balaban J connectivity index is 1.91. The van der Waals surface area contributed by atoms with E-state index in [2.05, 4.69) is 20.1 Å². The van der Waals surface area contributed by atoms with Gasteiger partial charge in [-0.1, -0.05) is 11.6 Å². The molecule has 3 aromatic rings. The summed E-state index contributed by atoms with van der Waals surface area (Å²) >= 11 is 5.89. The molecule has 3 heterocycles. The minimum atomic E-state index is -2.42. The van der Waals surface area contributed by atoms with Gasteiger partial charge in [-0.25, -0.2) is 23.1 Å². The summed E-state index contributed by atoms with van der Waals surface area (Å²) < 4.78 is 27.2. The number of nitrogens with zero attached hydrogens (tertiary/aromatic N) is 3. The maximum atomic E-state index is 12.9. The van der Waals surface area contributed by atoms with Crippen LogP contribution < -0.4 is 11.2 Å². The van der Waals surface area contributed by atoms with Crippen molar-refractivity contribution in [3.05, 3.63) is 50.0 Å². The minimum absolute atomic E-state index is 0.122. The van der Waals surface area contributed by atoms with Gasteiger partial charge >= 0.3 is 5.69 Å². The average Bonchev–Trinajstić information content (AvgIpc) is 3.21. The lowest BCUT2D eigenvalue weighted by molar-refractivity contribution is 0.120. The Bertz CT molecular complexity index is 1060. The summed E-state index contributed by atoms with van der Waals surface area (Å²) in [5.74, 6) is -1.11. The number of alkyl halides is 2. The smallest absolute Gasteiger partial charge is 0.313 e. The highest BCUT2D eigenvalue weighted by molar-refractivity contribution is 6.29. The molecule has 0 spiro atoms. The first-order valence-corrected chi connectivity index (χ1v) is 7.48. The number of hydrogen-bond acceptors (Lipinski definition) is 4. The maximum Gasteiger partial charge on any atom is 0.325 e. The zero-order chi connectivity index (χ0) is 17.0. The summed E-state index contributed by atoms with van der Waals surface area (Å²) in [6, 6.07) is 1.55. The second-order valence-electron chi connectivity index (χ2n) is 5.64. The van der Waals surface area contributed by atoms with E-state index in [0.29, 0.717) is 17.6 Å². The third kappa shape index (κ3) is 2.41. The molecule has 0 radical (unpaired) electrons. The van der Waals surface area contributed by atoms with Gasteiger partial charge in [0.05, 0.1) is 17.5 Å². The van der Waals surface area contributed by atoms with Gasteiger partial charge in [-0.3, -0.25) is 9.78 Å². The number of nitrogens with one attached hydrogen (secondary N) is 2. The number of aromatic amines is 2. The molecule has 1 aliphatic rings. The van der Waals surface area contributed by atoms with Crippen LogP contribution in [0, 0.1) is 5.92 Å². The van der Waals surface area contributed by atoms with Crippen molar-refractivity contribution in [3.8, 4) is 11.3 Å². The molecule has 4 rings (SSSR count). The van der Waals surface area contributed by atoms with Crippen molar-refractivity contribution in [3.63, 3.8) is 0 Å². The number of fused-ring (bicyclic) bond motifs is 1. The molecule has 10 heteroatoms. The monoisotopic (exact) mass is 353 g/mol. The Kier molecular flexibility index (Phi) is 3.27. The van der Waals surface area contributed by atoms with E-state index in [0.717, 1.165) is 0 Å². The summed E-state index contributed by atoms with van der Waals surface area (Å²) in [5.41, 5.74) is 0.0426. The van der Waals surface area contributed by atoms with Crippen LogP contribution in [0.2, 0.25) is 5.15 Å². The van der Waals surface area contributed by atoms with Crippen LogP contribution in [0.25, 0.3) is 16.9 Å². The van der Waals surface area contributed by atoms with E-state index >= 15 is 0 Å². The first-order valence-electron chi connectivity index (χ1n) is 7.10. The SMILES string of the molecule is O=c1[nH]cc(-c2cc([C@H]3C[C@@H]3C(F)F)c3nc(Cl)cn3n2)c(=O)[nH]1. The van der Waals surface area contributed by atoms with Gasteiger partial charge in [-0.05, 0) is 18.4 Å². The normalized spacial score (nSPS) is 20.0. The highest BCUT2D eigenvalue weighted by Gasteiger charge is 2.46. The number of imidazole rings is 1. The van der Waals surface area contributed by atoms with Gasteiger partial charge in [0.2, 0.25) is 6.43 Å². The van der Waals surface area contributed by atoms with Gasteiger partial charge in [0.1, 0.15) is 5.15 Å². The zero-order valence-electron chi connectivity index (χ0n) is 12.0. The van der Waals surface area contributed by atoms with Gasteiger partial charge in [0.25, 0.3) is 5.56 Å². The van der Waals surface area contributed by atoms with E-state index in [1.54, 1.807) is 6.07 Å². The Hall–Kier alpha value is -2.55. The molecule has 0 bridgehead atoms. The van der Waals surface area contributed by atoms with Crippen LogP contribution in [-0.4, -0.2) is 31.0 Å². The van der Waals surface area contributed by atoms with E-state index in [-0.39, 0.29) is 22.3 Å². The summed E-state index contributed by atoms with van der Waals surface area (Å²) in [7, 11) is 0. The van der Waals surface area contributed by atoms with Gasteiger partial charge in [0, 0.05) is 17.7 Å². The Morgan fingerprint density at radius 3 is 2.83 bits per heavy atom. The van der Waals surface area contributed by atoms with Crippen LogP contribution in [0.4, 0.5) is 8.78 Å². The zero-order valence-corrected chi connectivity index (χ0v) is 12.7. The molecule has 124 valence electrons. The van der Waals surface area contributed by atoms with E-state index in [4.69, 9.17) is 11.6 Å². The molecular formula is C14H10ClF2N5O2. The number of rotatable bonds is 3. The number of hydrogen-bond donors (Lipinski definition) is 2. The van der Waals surface area contributed by atoms with Crippen LogP contribution in [-0.2, 0) is 0 Å². The quantitative estimate of drug-likeness (QED) is 0.750. The second-order valence-corrected chi connectivity index (χ2v) is 6.03. The van der Waals surface area contributed by atoms with E-state index in [1.807, 2.05) is 0 Å². The molecule has 0 aromatic carbocycles. The predicted octanol–water partition coefficient (Wildman–Crippen LogP) is 1.79. The number of halogens is 3. The van der Waals surface area contributed by atoms with E-state index in [9.17, 15) is 18.4 Å². The number of aromatic nitrogens is 5. The minimum Gasteiger partial charge on any atom is -0.313 e. The van der Waals surface area contributed by atoms with E-state index < -0.39 is 23.6 Å². The summed E-state index contributed by atoms with van der Waals surface area (Å²) in [5, 5.41) is 4.41. The number of H-pyrrole nitrogens is 2. The van der Waals surface area contributed by atoms with Crippen molar-refractivity contribution in [2.75, 3.05) is 0 Å². The molecule has 1 aliphatic carbocycles. The molecule has 0 amide bonds. The Labute approximate surface area is 137 Å². The maximum absolute atomic E-state index is 12.9. The largest absolute Gasteiger partial charge is 0.325 e. The fraction of sp³-hybridized carbons (Fsp3) is 0.286. The predicted molar refractivity (Wildman–Crippen MR) is 81.5 cm³/mol. The highest BCUT2D eigenvalue weighted by atomic mass is 35.5. The molecule has 7 nitrogen and oxygen atoms in total. The van der Waals surface area contributed by atoms with Crippen molar-refractivity contribution in [2.24, 2.45) is 5.92 Å². The third-order valence-corrected chi connectivity index (χ3v) is 4.26. The van der Waals surface area contributed by atoms with Crippen LogP contribution in [0.1, 0.15) is 17.9 Å². The molecule has 0 saturated heterocycles. The van der Waals surface area contributed by atoms with Crippen molar-refractivity contribution in [1.82, 2.24) is 24.6 Å². The van der Waals surface area contributed by atoms with Gasteiger partial charge in [-0.2, -0.15) is 5.10 Å². The lowest BCUT2D eigenvalue weighted by Gasteiger charge is -2.06. The van der Waals surface area contributed by atoms with Crippen molar-refractivity contribution in [2.45, 2.75) is 18.8 Å². The standard InChI is InChI=1S/C14H10ClF2N5O2/c15-10-4-22-12(19-10)7(5-1-6(5)11(16)17)2-9(21-22)8-3-18-14(24)20-13(8)23/h2-6,11H,1H2,(H2,18,20,23,24)/t5-,6-/m0/s1. The third-order valence-electron chi connectivity index (χ3n) is 4.08. The van der Waals surface area contributed by atoms with Crippen LogP contribution in [0.15, 0.2) is 28.0 Å². The van der Waals surface area contributed by atoms with Gasteiger partial charge in [0.15, 0.2) is 5.65 Å². The Morgan fingerprint density at radius 2 is 2.17 bits per heavy atom. The lowest BCUT2D eigenvalue weighted by Crippen LogP contribution is -2.23. The van der Waals surface area contributed by atoms with Crippen molar-refractivity contribution < 1.29 is 8.78 Å². The topological polar surface area (TPSA) is 95.9 Å². The molecule has 0 aliphatic heterocycles. The molecule has 2 N–H and O–H groups in total. The summed E-state index contributed by atoms with van der Waals surface area (Å²) in [4.78, 5) is 31.7. The first kappa shape index (κ1) is 15.0. The molecule has 24 heavy (non-hydrogen) atoms. The molecule has 3 aromatic heterocycles. The van der Waals surface area contributed by atoms with Crippen molar-refractivity contribution in [1.29, 1.82) is 0 Å². The second kappa shape index (κ2) is 5.23. The summed E-state index contributed by atoms with van der Waals surface area (Å²) in [6.07, 6.45) is 0.579. The molecule has 2 atom stereocenters. The van der Waals surface area contributed by atoms with Crippen LogP contribution in [0.5, 0.6) is 0 Å². The van der Waals surface area contributed by atoms with Gasteiger partial charge in [-0.15, -0.1) is 0 Å². The van der Waals surface area contributed by atoms with Crippen LogP contribution >= 0.6 is 11.6 Å². The fourth-order valence-corrected chi connectivity index (χ4v) is 3.00. The Morgan fingerprint density at radius 1 is 1.38 bits per heavy atom. The lowest BCUT2D eigenvalue weighted by atomic mass is 10.1. The molecule has 1 saturated carbocycles. The first-order chi connectivity index (χ1) is 11.4. The summed E-state index contributed by atoms with van der Waals surface area (Å²) in [6.45, 7) is 0.